The number of benzene rings is 2. The maximum atomic E-state index is 13.2. The van der Waals surface area contributed by atoms with Crippen LogP contribution in [0.25, 0.3) is 6.08 Å². The maximum absolute atomic E-state index is 13.2. The second kappa shape index (κ2) is 8.13. The lowest BCUT2D eigenvalue weighted by atomic mass is 9.94. The molecule has 138 valence electrons. The second-order valence-corrected chi connectivity index (χ2v) is 8.23. The number of nitrogens with zero attached hydrogens (tertiary/aromatic N) is 2. The van der Waals surface area contributed by atoms with Gasteiger partial charge in [-0.05, 0) is 55.3 Å². The summed E-state index contributed by atoms with van der Waals surface area (Å²) in [7, 11) is 0. The number of thioether (sulfide) groups is 1. The third kappa shape index (κ3) is 4.16. The van der Waals surface area contributed by atoms with Crippen LogP contribution in [-0.4, -0.2) is 22.0 Å². The molecule has 1 aliphatic carbocycles. The molecule has 1 amide bonds. The van der Waals surface area contributed by atoms with Gasteiger partial charge < -0.3 is 0 Å². The number of carbonyl (C=O) groups is 1. The highest BCUT2D eigenvalue weighted by molar-refractivity contribution is 8.18. The summed E-state index contributed by atoms with van der Waals surface area (Å²) in [4.78, 5) is 20.8. The smallest absolute Gasteiger partial charge is 0.267 e. The molecule has 2 aliphatic rings. The topological polar surface area (TPSA) is 32.7 Å². The molecule has 0 unspecified atom stereocenters. The van der Waals surface area contributed by atoms with Gasteiger partial charge in [-0.3, -0.25) is 9.69 Å². The average molecular weight is 377 g/mol. The number of aliphatic imine (C=N–C) groups is 1. The third-order valence-electron chi connectivity index (χ3n) is 5.13. The molecule has 4 heteroatoms. The molecule has 0 radical (unpaired) electrons. The van der Waals surface area contributed by atoms with E-state index in [-0.39, 0.29) is 11.9 Å². The van der Waals surface area contributed by atoms with Crippen LogP contribution in [0.5, 0.6) is 0 Å². The van der Waals surface area contributed by atoms with Gasteiger partial charge >= 0.3 is 0 Å². The molecule has 1 heterocycles. The molecule has 3 nitrogen and oxygen atoms in total. The SMILES string of the molecule is Cc1ccc(N=C2S/C(=C/c3ccccc3)C(=O)N2C2CCCCC2)cc1. The zero-order chi connectivity index (χ0) is 18.6. The average Bonchev–Trinajstić information content (AvgIpc) is 3.00. The summed E-state index contributed by atoms with van der Waals surface area (Å²) in [5, 5.41) is 0.818. The predicted octanol–water partition coefficient (Wildman–Crippen LogP) is 5.93. The summed E-state index contributed by atoms with van der Waals surface area (Å²) >= 11 is 1.50. The standard InChI is InChI=1S/C23H24N2OS/c1-17-12-14-19(15-13-17)24-23-25(20-10-6-3-7-11-20)22(26)21(27-23)16-18-8-4-2-5-9-18/h2,4-5,8-9,12-16,20H,3,6-7,10-11H2,1H3/b21-16+,24-23?. The van der Waals surface area contributed by atoms with Gasteiger partial charge in [-0.25, -0.2) is 4.99 Å². The van der Waals surface area contributed by atoms with Gasteiger partial charge in [0.25, 0.3) is 5.91 Å². The van der Waals surface area contributed by atoms with Crippen LogP contribution in [0.2, 0.25) is 0 Å². The largest absolute Gasteiger partial charge is 0.283 e. The van der Waals surface area contributed by atoms with Crippen LogP contribution in [0.15, 0.2) is 64.5 Å². The second-order valence-electron chi connectivity index (χ2n) is 7.22. The molecule has 2 aromatic carbocycles. The molecule has 0 aromatic heterocycles. The number of carbonyl (C=O) groups excluding carboxylic acids is 1. The molecule has 2 aromatic rings. The van der Waals surface area contributed by atoms with E-state index in [1.54, 1.807) is 0 Å². The fourth-order valence-electron chi connectivity index (χ4n) is 3.66. The fraction of sp³-hybridized carbons (Fsp3) is 0.304. The Bertz CT molecular complexity index is 865. The van der Waals surface area contributed by atoms with E-state index in [0.717, 1.165) is 34.2 Å². The summed E-state index contributed by atoms with van der Waals surface area (Å²) in [5.41, 5.74) is 3.16. The maximum Gasteiger partial charge on any atom is 0.267 e. The molecule has 0 atom stereocenters. The number of amidine groups is 1. The number of aryl methyl sites for hydroxylation is 1. The first-order valence-corrected chi connectivity index (χ1v) is 10.5. The van der Waals surface area contributed by atoms with E-state index < -0.39 is 0 Å². The predicted molar refractivity (Wildman–Crippen MR) is 114 cm³/mol. The monoisotopic (exact) mass is 376 g/mol. The van der Waals surface area contributed by atoms with Gasteiger partial charge in [0.15, 0.2) is 5.17 Å². The lowest BCUT2D eigenvalue weighted by molar-refractivity contribution is -0.124. The Morgan fingerprint density at radius 1 is 1.00 bits per heavy atom. The molecular weight excluding hydrogens is 352 g/mol. The van der Waals surface area contributed by atoms with E-state index in [9.17, 15) is 4.79 Å². The molecule has 4 rings (SSSR count). The van der Waals surface area contributed by atoms with Crippen LogP contribution >= 0.6 is 11.8 Å². The van der Waals surface area contributed by atoms with Gasteiger partial charge in [0.2, 0.25) is 0 Å². The zero-order valence-electron chi connectivity index (χ0n) is 15.6. The minimum Gasteiger partial charge on any atom is -0.283 e. The lowest BCUT2D eigenvalue weighted by Gasteiger charge is -2.30. The van der Waals surface area contributed by atoms with Crippen molar-refractivity contribution in [3.05, 3.63) is 70.6 Å². The Labute approximate surface area is 165 Å². The van der Waals surface area contributed by atoms with Crippen molar-refractivity contribution in [3.8, 4) is 0 Å². The van der Waals surface area contributed by atoms with Crippen molar-refractivity contribution in [1.29, 1.82) is 0 Å². The normalized spacial score (nSPS) is 21.4. The summed E-state index contributed by atoms with van der Waals surface area (Å²) in [6.45, 7) is 2.07. The summed E-state index contributed by atoms with van der Waals surface area (Å²) in [6.07, 6.45) is 7.77. The van der Waals surface area contributed by atoms with Crippen LogP contribution in [0.4, 0.5) is 5.69 Å². The Balaban J connectivity index is 1.69. The van der Waals surface area contributed by atoms with Crippen LogP contribution in [-0.2, 0) is 4.79 Å². The molecule has 1 aliphatic heterocycles. The molecule has 0 spiro atoms. The van der Waals surface area contributed by atoms with Crippen molar-refractivity contribution in [2.24, 2.45) is 4.99 Å². The van der Waals surface area contributed by atoms with E-state index in [2.05, 4.69) is 19.1 Å². The number of rotatable bonds is 3. The summed E-state index contributed by atoms with van der Waals surface area (Å²) in [5.74, 6) is 0.0987. The third-order valence-corrected chi connectivity index (χ3v) is 6.12. The Kier molecular flexibility index (Phi) is 5.44. The molecule has 1 saturated carbocycles. The fourth-order valence-corrected chi connectivity index (χ4v) is 4.72. The highest BCUT2D eigenvalue weighted by atomic mass is 32.2. The molecule has 0 N–H and O–H groups in total. The molecule has 2 fully saturated rings. The van der Waals surface area contributed by atoms with Crippen molar-refractivity contribution in [3.63, 3.8) is 0 Å². The van der Waals surface area contributed by atoms with Crippen LogP contribution in [0.1, 0.15) is 43.2 Å². The van der Waals surface area contributed by atoms with E-state index in [4.69, 9.17) is 4.99 Å². The van der Waals surface area contributed by atoms with Crippen molar-refractivity contribution in [2.75, 3.05) is 0 Å². The van der Waals surface area contributed by atoms with Gasteiger partial charge in [-0.2, -0.15) is 0 Å². The van der Waals surface area contributed by atoms with E-state index in [0.29, 0.717) is 0 Å². The van der Waals surface area contributed by atoms with Crippen molar-refractivity contribution in [1.82, 2.24) is 4.90 Å². The van der Waals surface area contributed by atoms with E-state index in [1.165, 1.54) is 36.6 Å². The summed E-state index contributed by atoms with van der Waals surface area (Å²) in [6, 6.07) is 18.5. The van der Waals surface area contributed by atoms with Crippen molar-refractivity contribution >= 4 is 34.6 Å². The van der Waals surface area contributed by atoms with Crippen LogP contribution < -0.4 is 0 Å². The highest BCUT2D eigenvalue weighted by Gasteiger charge is 2.38. The molecule has 0 bridgehead atoms. The van der Waals surface area contributed by atoms with Crippen molar-refractivity contribution < 1.29 is 4.79 Å². The van der Waals surface area contributed by atoms with Crippen LogP contribution in [0.3, 0.4) is 0 Å². The quantitative estimate of drug-likeness (QED) is 0.622. The minimum atomic E-state index is 0.0987. The first kappa shape index (κ1) is 18.1. The minimum absolute atomic E-state index is 0.0987. The molecule has 1 saturated heterocycles. The number of amides is 1. The first-order valence-electron chi connectivity index (χ1n) is 9.64. The zero-order valence-corrected chi connectivity index (χ0v) is 16.4. The Morgan fingerprint density at radius 3 is 2.41 bits per heavy atom. The Hall–Kier alpha value is -2.33. The van der Waals surface area contributed by atoms with Crippen molar-refractivity contribution in [2.45, 2.75) is 45.1 Å². The molecule has 27 heavy (non-hydrogen) atoms. The van der Waals surface area contributed by atoms with E-state index in [1.807, 2.05) is 53.4 Å². The molecular formula is C23H24N2OS. The number of hydrogen-bond donors (Lipinski definition) is 0. The van der Waals surface area contributed by atoms with Gasteiger partial charge in [0.1, 0.15) is 0 Å². The van der Waals surface area contributed by atoms with Crippen LogP contribution in [0, 0.1) is 6.92 Å². The Morgan fingerprint density at radius 2 is 1.70 bits per heavy atom. The summed E-state index contributed by atoms with van der Waals surface area (Å²) < 4.78 is 0. The van der Waals surface area contributed by atoms with Gasteiger partial charge in [-0.15, -0.1) is 0 Å². The first-order chi connectivity index (χ1) is 13.2. The van der Waals surface area contributed by atoms with Gasteiger partial charge in [0, 0.05) is 6.04 Å². The van der Waals surface area contributed by atoms with Gasteiger partial charge in [0.05, 0.1) is 10.6 Å². The lowest BCUT2D eigenvalue weighted by Crippen LogP contribution is -2.40. The highest BCUT2D eigenvalue weighted by Crippen LogP contribution is 2.38. The van der Waals surface area contributed by atoms with E-state index >= 15 is 0 Å². The van der Waals surface area contributed by atoms with Gasteiger partial charge in [-0.1, -0.05) is 67.3 Å². The number of hydrogen-bond acceptors (Lipinski definition) is 3.